The van der Waals surface area contributed by atoms with Gasteiger partial charge in [-0.1, -0.05) is 55.3 Å². The molecule has 2 N–H and O–H groups in total. The highest BCUT2D eigenvalue weighted by atomic mass is 35.5. The summed E-state index contributed by atoms with van der Waals surface area (Å²) in [5.74, 6) is -0.573. The zero-order valence-electron chi connectivity index (χ0n) is 21.5. The highest BCUT2D eigenvalue weighted by Crippen LogP contribution is 2.40. The van der Waals surface area contributed by atoms with E-state index in [1.54, 1.807) is 23.7 Å². The van der Waals surface area contributed by atoms with Crippen molar-refractivity contribution in [1.29, 1.82) is 5.26 Å². The average molecular weight is 553 g/mol. The zero-order valence-corrected chi connectivity index (χ0v) is 23.0. The second-order valence-electron chi connectivity index (χ2n) is 10.8. The lowest BCUT2D eigenvalue weighted by Crippen LogP contribution is -2.20. The molecule has 8 nitrogen and oxygen atoms in total. The molecule has 0 amide bonds. The summed E-state index contributed by atoms with van der Waals surface area (Å²) in [6.07, 6.45) is 3.52. The summed E-state index contributed by atoms with van der Waals surface area (Å²) in [6, 6.07) is 8.49. The van der Waals surface area contributed by atoms with E-state index in [2.05, 4.69) is 57.8 Å². The van der Waals surface area contributed by atoms with Crippen molar-refractivity contribution in [3.8, 4) is 6.07 Å². The van der Waals surface area contributed by atoms with Crippen LogP contribution in [0.4, 0.5) is 15.8 Å². The van der Waals surface area contributed by atoms with Gasteiger partial charge in [0, 0.05) is 35.1 Å². The molecular formula is C27H27Cl2FN8. The topological polar surface area (TPSA) is 104 Å². The number of anilines is 2. The van der Waals surface area contributed by atoms with Gasteiger partial charge in [-0.2, -0.15) is 9.65 Å². The van der Waals surface area contributed by atoms with Crippen LogP contribution in [0, 0.1) is 29.6 Å². The van der Waals surface area contributed by atoms with Gasteiger partial charge in [-0.3, -0.25) is 4.98 Å². The van der Waals surface area contributed by atoms with Gasteiger partial charge >= 0.3 is 0 Å². The van der Waals surface area contributed by atoms with E-state index in [0.717, 1.165) is 12.8 Å². The van der Waals surface area contributed by atoms with Crippen molar-refractivity contribution in [2.75, 3.05) is 17.2 Å². The number of hydrogen-bond donors (Lipinski definition) is 2. The number of nitriles is 1. The standard InChI is InChI=1S/C27H27Cl2FN8/c1-14-18(7-8-21(30)34-14)24(25-26(29)38(37-36-25)17-5-6-17)35-16-9-19-22(33-13-27(2,3)4)15(11-31)12-32-23(19)20(28)10-16/h7-10,12,17,24,35H,5-6,13H2,1-4H3,(H,32,33). The van der Waals surface area contributed by atoms with Crippen LogP contribution in [0.5, 0.6) is 0 Å². The SMILES string of the molecule is Cc1nc(F)ccc1C(Nc1cc(Cl)c2ncc(C#N)c(NCC(C)(C)C)c2c1)c1nnn(C2CC2)c1Cl. The Balaban J connectivity index is 1.62. The van der Waals surface area contributed by atoms with E-state index in [-0.39, 0.29) is 11.5 Å². The number of halogens is 3. The Kier molecular flexibility index (Phi) is 6.88. The van der Waals surface area contributed by atoms with E-state index in [1.807, 2.05) is 6.07 Å². The number of aryl methyl sites for hydroxylation is 1. The Labute approximate surface area is 230 Å². The van der Waals surface area contributed by atoms with Gasteiger partial charge in [0.1, 0.15) is 17.8 Å². The van der Waals surface area contributed by atoms with Crippen molar-refractivity contribution in [2.24, 2.45) is 5.41 Å². The third kappa shape index (κ3) is 5.24. The first-order valence-corrected chi connectivity index (χ1v) is 13.1. The van der Waals surface area contributed by atoms with Gasteiger partial charge in [0.05, 0.1) is 27.8 Å². The highest BCUT2D eigenvalue weighted by molar-refractivity contribution is 6.36. The van der Waals surface area contributed by atoms with E-state index in [9.17, 15) is 9.65 Å². The Morgan fingerprint density at radius 2 is 2.00 bits per heavy atom. The van der Waals surface area contributed by atoms with E-state index in [4.69, 9.17) is 23.2 Å². The summed E-state index contributed by atoms with van der Waals surface area (Å²) in [7, 11) is 0. The molecule has 0 saturated heterocycles. The number of nitrogens with one attached hydrogen (secondary N) is 2. The highest BCUT2D eigenvalue weighted by Gasteiger charge is 2.32. The largest absolute Gasteiger partial charge is 0.383 e. The molecular weight excluding hydrogens is 526 g/mol. The number of rotatable bonds is 7. The van der Waals surface area contributed by atoms with Crippen LogP contribution in [-0.4, -0.2) is 31.5 Å². The van der Waals surface area contributed by atoms with Gasteiger partial charge in [0.25, 0.3) is 0 Å². The van der Waals surface area contributed by atoms with Crippen molar-refractivity contribution in [2.45, 2.75) is 52.6 Å². The molecule has 38 heavy (non-hydrogen) atoms. The fourth-order valence-corrected chi connectivity index (χ4v) is 4.89. The third-order valence-electron chi connectivity index (χ3n) is 6.38. The first-order chi connectivity index (χ1) is 18.1. The number of hydrogen-bond acceptors (Lipinski definition) is 7. The van der Waals surface area contributed by atoms with Crippen molar-refractivity contribution in [1.82, 2.24) is 25.0 Å². The molecule has 1 atom stereocenters. The zero-order chi connectivity index (χ0) is 27.2. The van der Waals surface area contributed by atoms with Crippen molar-refractivity contribution >= 4 is 45.5 Å². The molecule has 5 rings (SSSR count). The maximum Gasteiger partial charge on any atom is 0.213 e. The minimum absolute atomic E-state index is 0.0235. The summed E-state index contributed by atoms with van der Waals surface area (Å²) in [5, 5.41) is 26.9. The summed E-state index contributed by atoms with van der Waals surface area (Å²) < 4.78 is 15.6. The molecule has 1 aromatic carbocycles. The van der Waals surface area contributed by atoms with E-state index in [1.165, 1.54) is 12.3 Å². The fourth-order valence-electron chi connectivity index (χ4n) is 4.30. The normalized spacial score (nSPS) is 14.4. The summed E-state index contributed by atoms with van der Waals surface area (Å²) >= 11 is 13.4. The van der Waals surface area contributed by atoms with E-state index in [0.29, 0.717) is 61.5 Å². The molecule has 3 aromatic heterocycles. The number of aromatic nitrogens is 5. The summed E-state index contributed by atoms with van der Waals surface area (Å²) in [5.41, 5.74) is 3.96. The number of pyridine rings is 2. The molecule has 0 radical (unpaired) electrons. The van der Waals surface area contributed by atoms with Gasteiger partial charge in [-0.15, -0.1) is 5.10 Å². The van der Waals surface area contributed by atoms with Crippen LogP contribution in [-0.2, 0) is 0 Å². The van der Waals surface area contributed by atoms with Crippen molar-refractivity contribution in [3.63, 3.8) is 0 Å². The second kappa shape index (κ2) is 10.0. The quantitative estimate of drug-likeness (QED) is 0.242. The first-order valence-electron chi connectivity index (χ1n) is 12.3. The summed E-state index contributed by atoms with van der Waals surface area (Å²) in [6.45, 7) is 8.70. The van der Waals surface area contributed by atoms with Crippen LogP contribution in [0.25, 0.3) is 10.9 Å². The van der Waals surface area contributed by atoms with Gasteiger partial charge in [0.2, 0.25) is 5.95 Å². The lowest BCUT2D eigenvalue weighted by molar-refractivity contribution is 0.443. The molecule has 1 saturated carbocycles. The molecule has 0 bridgehead atoms. The van der Waals surface area contributed by atoms with Gasteiger partial charge in [-0.25, -0.2) is 9.67 Å². The molecule has 1 fully saturated rings. The van der Waals surface area contributed by atoms with E-state index >= 15 is 0 Å². The molecule has 1 aliphatic carbocycles. The van der Waals surface area contributed by atoms with Crippen molar-refractivity contribution in [3.05, 3.63) is 69.1 Å². The van der Waals surface area contributed by atoms with Gasteiger partial charge in [0.15, 0.2) is 5.15 Å². The summed E-state index contributed by atoms with van der Waals surface area (Å²) in [4.78, 5) is 8.45. The van der Waals surface area contributed by atoms with Gasteiger partial charge in [-0.05, 0) is 43.4 Å². The maximum absolute atomic E-state index is 13.9. The van der Waals surface area contributed by atoms with Crippen LogP contribution in [0.2, 0.25) is 10.2 Å². The minimum Gasteiger partial charge on any atom is -0.383 e. The lowest BCUT2D eigenvalue weighted by atomic mass is 9.96. The smallest absolute Gasteiger partial charge is 0.213 e. The van der Waals surface area contributed by atoms with Crippen LogP contribution in [0.3, 0.4) is 0 Å². The van der Waals surface area contributed by atoms with E-state index < -0.39 is 12.0 Å². The lowest BCUT2D eigenvalue weighted by Gasteiger charge is -2.23. The third-order valence-corrected chi connectivity index (χ3v) is 7.04. The molecule has 0 aliphatic heterocycles. The minimum atomic E-state index is -0.588. The molecule has 196 valence electrons. The maximum atomic E-state index is 13.9. The van der Waals surface area contributed by atoms with Crippen LogP contribution < -0.4 is 10.6 Å². The molecule has 11 heteroatoms. The molecule has 1 aliphatic rings. The predicted octanol–water partition coefficient (Wildman–Crippen LogP) is 6.84. The number of fused-ring (bicyclic) bond motifs is 1. The Morgan fingerprint density at radius 3 is 2.66 bits per heavy atom. The average Bonchev–Trinajstić information content (AvgIpc) is 3.62. The Bertz CT molecular complexity index is 1570. The van der Waals surface area contributed by atoms with Gasteiger partial charge < -0.3 is 10.6 Å². The first kappa shape index (κ1) is 26.1. The van der Waals surface area contributed by atoms with Crippen LogP contribution >= 0.6 is 23.2 Å². The number of benzene rings is 1. The number of nitrogens with zero attached hydrogens (tertiary/aromatic N) is 6. The molecule has 4 aromatic rings. The Hall–Kier alpha value is -3.48. The molecule has 0 spiro atoms. The second-order valence-corrected chi connectivity index (χ2v) is 11.5. The predicted molar refractivity (Wildman–Crippen MR) is 147 cm³/mol. The van der Waals surface area contributed by atoms with Crippen LogP contribution in [0.1, 0.15) is 68.2 Å². The molecule has 3 heterocycles. The monoisotopic (exact) mass is 552 g/mol. The Morgan fingerprint density at radius 1 is 1.24 bits per heavy atom. The van der Waals surface area contributed by atoms with Crippen molar-refractivity contribution < 1.29 is 4.39 Å². The fraction of sp³-hybridized carbons (Fsp3) is 0.370. The molecule has 1 unspecified atom stereocenters. The van der Waals surface area contributed by atoms with Crippen LogP contribution in [0.15, 0.2) is 30.5 Å².